The minimum Gasteiger partial charge on any atom is -0.465 e. The Hall–Kier alpha value is -1.89. The van der Waals surface area contributed by atoms with Gasteiger partial charge in [-0.15, -0.1) is 0 Å². The summed E-state index contributed by atoms with van der Waals surface area (Å²) in [7, 11) is 1.38. The standard InChI is InChI=1S/C16H14IO4/c1-20-16(19)13-5-3-7-15(9-13)17-14-6-2-4-12(8-14)10-21-11-18/h2-9,11H,10H2,1H3/q+1. The monoisotopic (exact) mass is 397 g/mol. The van der Waals surface area contributed by atoms with Gasteiger partial charge in [0.05, 0.1) is 12.7 Å². The van der Waals surface area contributed by atoms with Gasteiger partial charge in [-0.25, -0.2) is 4.79 Å². The minimum absolute atomic E-state index is 0.281. The summed E-state index contributed by atoms with van der Waals surface area (Å²) < 4.78 is 11.8. The van der Waals surface area contributed by atoms with E-state index in [0.29, 0.717) is 12.0 Å². The first-order chi connectivity index (χ1) is 10.2. The predicted molar refractivity (Wildman–Crippen MR) is 72.5 cm³/mol. The third-order valence-corrected chi connectivity index (χ3v) is 5.26. The van der Waals surface area contributed by atoms with E-state index >= 15 is 0 Å². The zero-order valence-electron chi connectivity index (χ0n) is 11.4. The molecule has 0 atom stereocenters. The van der Waals surface area contributed by atoms with Gasteiger partial charge in [0.15, 0.2) is 7.14 Å². The summed E-state index contributed by atoms with van der Waals surface area (Å²) in [5.74, 6) is -0.325. The van der Waals surface area contributed by atoms with Gasteiger partial charge in [-0.3, -0.25) is 4.79 Å². The second-order valence-corrected chi connectivity index (χ2v) is 7.16. The van der Waals surface area contributed by atoms with Gasteiger partial charge in [-0.2, -0.15) is 0 Å². The molecule has 108 valence electrons. The molecule has 0 aliphatic heterocycles. The summed E-state index contributed by atoms with van der Waals surface area (Å²) in [5, 5.41) is 0. The molecule has 0 radical (unpaired) electrons. The molecular formula is C16H14IO4+. The Kier molecular flexibility index (Phi) is 5.74. The quantitative estimate of drug-likeness (QED) is 0.367. The molecule has 0 aromatic heterocycles. The van der Waals surface area contributed by atoms with Gasteiger partial charge in [0.25, 0.3) is 6.47 Å². The Morgan fingerprint density at radius 3 is 2.57 bits per heavy atom. The number of methoxy groups -OCH3 is 1. The van der Waals surface area contributed by atoms with Crippen molar-refractivity contribution in [1.29, 1.82) is 0 Å². The lowest BCUT2D eigenvalue weighted by Crippen LogP contribution is -3.61. The van der Waals surface area contributed by atoms with Gasteiger partial charge >= 0.3 is 27.2 Å². The van der Waals surface area contributed by atoms with Crippen molar-refractivity contribution in [2.24, 2.45) is 0 Å². The van der Waals surface area contributed by atoms with Gasteiger partial charge in [0, 0.05) is 6.07 Å². The lowest BCUT2D eigenvalue weighted by Gasteiger charge is -1.98. The van der Waals surface area contributed by atoms with E-state index in [-0.39, 0.29) is 12.6 Å². The molecule has 0 saturated heterocycles. The molecule has 0 bridgehead atoms. The Labute approximate surface area is 133 Å². The third-order valence-electron chi connectivity index (χ3n) is 2.67. The van der Waals surface area contributed by atoms with Gasteiger partial charge in [-0.1, -0.05) is 18.2 Å². The number of carbonyl (C=O) groups is 2. The van der Waals surface area contributed by atoms with E-state index in [0.717, 1.165) is 9.13 Å². The van der Waals surface area contributed by atoms with Crippen LogP contribution in [0.4, 0.5) is 0 Å². The van der Waals surface area contributed by atoms with Crippen LogP contribution in [0.3, 0.4) is 0 Å². The van der Waals surface area contributed by atoms with Gasteiger partial charge in [0.2, 0.25) is 0 Å². The normalized spacial score (nSPS) is 9.95. The molecule has 0 heterocycles. The topological polar surface area (TPSA) is 52.6 Å². The summed E-state index contributed by atoms with van der Waals surface area (Å²) in [6.07, 6.45) is 0. The van der Waals surface area contributed by atoms with Crippen molar-refractivity contribution in [3.05, 3.63) is 66.8 Å². The average molecular weight is 397 g/mol. The van der Waals surface area contributed by atoms with E-state index in [2.05, 4.69) is 0 Å². The van der Waals surface area contributed by atoms with Crippen LogP contribution in [0.25, 0.3) is 0 Å². The molecule has 2 aromatic carbocycles. The van der Waals surface area contributed by atoms with Crippen LogP contribution in [0.5, 0.6) is 0 Å². The average Bonchev–Trinajstić information content (AvgIpc) is 2.53. The third kappa shape index (κ3) is 4.56. The maximum atomic E-state index is 11.5. The number of esters is 1. The lowest BCUT2D eigenvalue weighted by atomic mass is 10.2. The van der Waals surface area contributed by atoms with E-state index in [1.807, 2.05) is 42.5 Å². The summed E-state index contributed by atoms with van der Waals surface area (Å²) >= 11 is -0.403. The van der Waals surface area contributed by atoms with Crippen LogP contribution in [0.1, 0.15) is 15.9 Å². The number of ether oxygens (including phenoxy) is 2. The number of carbonyl (C=O) groups excluding carboxylic acids is 2. The fourth-order valence-electron chi connectivity index (χ4n) is 1.73. The first-order valence-electron chi connectivity index (χ1n) is 6.20. The first kappa shape index (κ1) is 15.5. The van der Waals surface area contributed by atoms with Crippen molar-refractivity contribution < 1.29 is 40.3 Å². The first-order valence-corrected chi connectivity index (χ1v) is 8.36. The second-order valence-electron chi connectivity index (χ2n) is 4.13. The van der Waals surface area contributed by atoms with Crippen LogP contribution < -0.4 is 21.2 Å². The Morgan fingerprint density at radius 1 is 1.14 bits per heavy atom. The van der Waals surface area contributed by atoms with E-state index < -0.39 is 21.2 Å². The molecule has 5 heteroatoms. The molecule has 0 fully saturated rings. The molecule has 0 unspecified atom stereocenters. The second kappa shape index (κ2) is 7.78. The lowest BCUT2D eigenvalue weighted by molar-refractivity contribution is -0.597. The number of halogens is 1. The van der Waals surface area contributed by atoms with Crippen molar-refractivity contribution in [2.45, 2.75) is 6.61 Å². The molecule has 0 aliphatic rings. The molecule has 0 N–H and O–H groups in total. The predicted octanol–water partition coefficient (Wildman–Crippen LogP) is -0.725. The van der Waals surface area contributed by atoms with Gasteiger partial charge < -0.3 is 9.47 Å². The summed E-state index contributed by atoms with van der Waals surface area (Å²) in [5.41, 5.74) is 1.53. The number of rotatable bonds is 6. The molecule has 0 spiro atoms. The molecule has 2 rings (SSSR count). The van der Waals surface area contributed by atoms with Crippen molar-refractivity contribution in [2.75, 3.05) is 7.11 Å². The molecule has 0 aliphatic carbocycles. The van der Waals surface area contributed by atoms with Gasteiger partial charge in [0.1, 0.15) is 6.61 Å². The molecule has 4 nitrogen and oxygen atoms in total. The summed E-state index contributed by atoms with van der Waals surface area (Å²) in [6, 6.07) is 15.4. The van der Waals surface area contributed by atoms with E-state index in [4.69, 9.17) is 9.47 Å². The molecular weight excluding hydrogens is 383 g/mol. The highest BCUT2D eigenvalue weighted by Crippen LogP contribution is 2.01. The SMILES string of the molecule is COC(=O)c1cccc([I+]c2cccc(COC=O)c2)c1. The number of hydrogen-bond donors (Lipinski definition) is 0. The highest BCUT2D eigenvalue weighted by atomic mass is 127. The van der Waals surface area contributed by atoms with Crippen molar-refractivity contribution >= 4 is 12.4 Å². The van der Waals surface area contributed by atoms with E-state index in [9.17, 15) is 9.59 Å². The molecule has 21 heavy (non-hydrogen) atoms. The fraction of sp³-hybridized carbons (Fsp3) is 0.125. The van der Waals surface area contributed by atoms with Gasteiger partial charge in [-0.05, 0) is 29.8 Å². The van der Waals surface area contributed by atoms with Crippen LogP contribution in [-0.4, -0.2) is 19.6 Å². The Bertz CT molecular complexity index is 640. The maximum Gasteiger partial charge on any atom is 0.357 e. The van der Waals surface area contributed by atoms with Crippen LogP contribution in [0.2, 0.25) is 0 Å². The van der Waals surface area contributed by atoms with Crippen molar-refractivity contribution in [3.63, 3.8) is 0 Å². The molecule has 0 amide bonds. The highest BCUT2D eigenvalue weighted by molar-refractivity contribution is 5.89. The minimum atomic E-state index is -0.403. The zero-order valence-corrected chi connectivity index (χ0v) is 13.6. The smallest absolute Gasteiger partial charge is 0.357 e. The zero-order chi connectivity index (χ0) is 15.1. The van der Waals surface area contributed by atoms with Crippen molar-refractivity contribution in [3.8, 4) is 0 Å². The molecule has 2 aromatic rings. The van der Waals surface area contributed by atoms with Crippen molar-refractivity contribution in [1.82, 2.24) is 0 Å². The van der Waals surface area contributed by atoms with E-state index in [1.165, 1.54) is 10.7 Å². The Balaban J connectivity index is 2.14. The summed E-state index contributed by atoms with van der Waals surface area (Å²) in [6.45, 7) is 0.727. The van der Waals surface area contributed by atoms with Crippen LogP contribution >= 0.6 is 0 Å². The number of hydrogen-bond acceptors (Lipinski definition) is 4. The Morgan fingerprint density at radius 2 is 1.86 bits per heavy atom. The largest absolute Gasteiger partial charge is 0.465 e. The van der Waals surface area contributed by atoms with E-state index in [1.54, 1.807) is 6.07 Å². The van der Waals surface area contributed by atoms with Crippen LogP contribution in [-0.2, 0) is 20.9 Å². The molecule has 0 saturated carbocycles. The van der Waals surface area contributed by atoms with Crippen LogP contribution in [0.15, 0.2) is 48.5 Å². The highest BCUT2D eigenvalue weighted by Gasteiger charge is 2.18. The van der Waals surface area contributed by atoms with Crippen LogP contribution in [0, 0.1) is 7.14 Å². The fourth-order valence-corrected chi connectivity index (χ4v) is 4.27. The maximum absolute atomic E-state index is 11.5. The summed E-state index contributed by atoms with van der Waals surface area (Å²) in [4.78, 5) is 21.8. The number of benzene rings is 2.